The third-order valence-corrected chi connectivity index (χ3v) is 3.95. The Kier molecular flexibility index (Phi) is 6.39. The quantitative estimate of drug-likeness (QED) is 0.797. The largest absolute Gasteiger partial charge is 0.479 e. The van der Waals surface area contributed by atoms with Crippen LogP contribution in [0.2, 0.25) is 0 Å². The SMILES string of the molecule is Cc1cccc(O[C@H](C)C(=O)O[C@@H](C)C(=O)Nc2cc(C)ccc2C)c1. The highest BCUT2D eigenvalue weighted by Gasteiger charge is 2.23. The molecule has 0 spiro atoms. The Morgan fingerprint density at radius 3 is 2.31 bits per heavy atom. The van der Waals surface area contributed by atoms with Crippen LogP contribution in [-0.2, 0) is 14.3 Å². The lowest BCUT2D eigenvalue weighted by Gasteiger charge is -2.18. The number of rotatable bonds is 6. The Hall–Kier alpha value is -2.82. The highest BCUT2D eigenvalue weighted by Crippen LogP contribution is 2.18. The average molecular weight is 355 g/mol. The molecule has 0 heterocycles. The Bertz CT molecular complexity index is 800. The lowest BCUT2D eigenvalue weighted by molar-refractivity contribution is -0.159. The van der Waals surface area contributed by atoms with E-state index < -0.39 is 18.2 Å². The molecule has 0 fully saturated rings. The second-order valence-electron chi connectivity index (χ2n) is 6.46. The molecule has 138 valence electrons. The smallest absolute Gasteiger partial charge is 0.347 e. The van der Waals surface area contributed by atoms with Crippen LogP contribution in [0.1, 0.15) is 30.5 Å². The maximum Gasteiger partial charge on any atom is 0.347 e. The fourth-order valence-electron chi connectivity index (χ4n) is 2.37. The second kappa shape index (κ2) is 8.52. The van der Waals surface area contributed by atoms with Gasteiger partial charge in [0.25, 0.3) is 5.91 Å². The summed E-state index contributed by atoms with van der Waals surface area (Å²) in [4.78, 5) is 24.5. The molecule has 2 atom stereocenters. The molecule has 0 unspecified atom stereocenters. The number of ether oxygens (including phenoxy) is 2. The van der Waals surface area contributed by atoms with Gasteiger partial charge in [-0.05, 0) is 69.5 Å². The van der Waals surface area contributed by atoms with Crippen molar-refractivity contribution in [3.8, 4) is 5.75 Å². The molecular formula is C21H25NO4. The summed E-state index contributed by atoms with van der Waals surface area (Å²) >= 11 is 0. The Morgan fingerprint density at radius 1 is 0.923 bits per heavy atom. The zero-order chi connectivity index (χ0) is 19.3. The number of anilines is 1. The van der Waals surface area contributed by atoms with Crippen LogP contribution in [0.3, 0.4) is 0 Å². The molecule has 26 heavy (non-hydrogen) atoms. The summed E-state index contributed by atoms with van der Waals surface area (Å²) in [6.45, 7) is 8.93. The number of hydrogen-bond acceptors (Lipinski definition) is 4. The van der Waals surface area contributed by atoms with Gasteiger partial charge in [0, 0.05) is 5.69 Å². The van der Waals surface area contributed by atoms with Crippen molar-refractivity contribution >= 4 is 17.6 Å². The van der Waals surface area contributed by atoms with Crippen molar-refractivity contribution in [3.05, 3.63) is 59.2 Å². The molecule has 5 nitrogen and oxygen atoms in total. The van der Waals surface area contributed by atoms with Gasteiger partial charge < -0.3 is 14.8 Å². The fraction of sp³-hybridized carbons (Fsp3) is 0.333. The summed E-state index contributed by atoms with van der Waals surface area (Å²) in [5.74, 6) is -0.383. The van der Waals surface area contributed by atoms with Crippen molar-refractivity contribution in [1.82, 2.24) is 0 Å². The first-order valence-corrected chi connectivity index (χ1v) is 8.58. The van der Waals surface area contributed by atoms with Crippen molar-refractivity contribution in [2.45, 2.75) is 46.8 Å². The molecule has 0 radical (unpaired) electrons. The van der Waals surface area contributed by atoms with Gasteiger partial charge in [0.15, 0.2) is 12.2 Å². The molecule has 0 saturated carbocycles. The lowest BCUT2D eigenvalue weighted by atomic mass is 10.1. The van der Waals surface area contributed by atoms with Crippen LogP contribution in [0.5, 0.6) is 5.75 Å². The van der Waals surface area contributed by atoms with Crippen LogP contribution in [0.15, 0.2) is 42.5 Å². The minimum atomic E-state index is -0.925. The lowest BCUT2D eigenvalue weighted by Crippen LogP contribution is -2.35. The first-order valence-electron chi connectivity index (χ1n) is 8.58. The van der Waals surface area contributed by atoms with Gasteiger partial charge in [0.2, 0.25) is 0 Å². The predicted octanol–water partition coefficient (Wildman–Crippen LogP) is 3.95. The van der Waals surface area contributed by atoms with Crippen molar-refractivity contribution in [3.63, 3.8) is 0 Å². The van der Waals surface area contributed by atoms with E-state index >= 15 is 0 Å². The van der Waals surface area contributed by atoms with Crippen molar-refractivity contribution in [1.29, 1.82) is 0 Å². The maximum absolute atomic E-state index is 12.3. The summed E-state index contributed by atoms with van der Waals surface area (Å²) < 4.78 is 10.8. The average Bonchev–Trinajstić information content (AvgIpc) is 2.58. The molecule has 0 aliphatic carbocycles. The van der Waals surface area contributed by atoms with Crippen LogP contribution < -0.4 is 10.1 Å². The Labute approximate surface area is 154 Å². The van der Waals surface area contributed by atoms with Crippen LogP contribution in [0, 0.1) is 20.8 Å². The molecule has 2 aromatic rings. The second-order valence-corrected chi connectivity index (χ2v) is 6.46. The minimum absolute atomic E-state index is 0.380. The van der Waals surface area contributed by atoms with E-state index in [9.17, 15) is 9.59 Å². The van der Waals surface area contributed by atoms with Gasteiger partial charge >= 0.3 is 5.97 Å². The van der Waals surface area contributed by atoms with E-state index in [4.69, 9.17) is 9.47 Å². The van der Waals surface area contributed by atoms with E-state index in [1.54, 1.807) is 13.0 Å². The van der Waals surface area contributed by atoms with Gasteiger partial charge in [-0.1, -0.05) is 24.3 Å². The van der Waals surface area contributed by atoms with Crippen LogP contribution >= 0.6 is 0 Å². The zero-order valence-electron chi connectivity index (χ0n) is 15.8. The van der Waals surface area contributed by atoms with Crippen molar-refractivity contribution in [2.24, 2.45) is 0 Å². The fourth-order valence-corrected chi connectivity index (χ4v) is 2.37. The number of aryl methyl sites for hydroxylation is 3. The molecule has 0 bridgehead atoms. The molecule has 2 rings (SSSR count). The first-order chi connectivity index (χ1) is 12.3. The van der Waals surface area contributed by atoms with E-state index in [0.717, 1.165) is 16.7 Å². The molecule has 0 aliphatic rings. The summed E-state index contributed by atoms with van der Waals surface area (Å²) in [5, 5.41) is 2.80. The van der Waals surface area contributed by atoms with Crippen LogP contribution in [-0.4, -0.2) is 24.1 Å². The minimum Gasteiger partial charge on any atom is -0.479 e. The van der Waals surface area contributed by atoms with Gasteiger partial charge in [0.05, 0.1) is 0 Å². The van der Waals surface area contributed by atoms with E-state index in [0.29, 0.717) is 11.4 Å². The van der Waals surface area contributed by atoms with Crippen molar-refractivity contribution in [2.75, 3.05) is 5.32 Å². The monoisotopic (exact) mass is 355 g/mol. The zero-order valence-corrected chi connectivity index (χ0v) is 15.8. The van der Waals surface area contributed by atoms with Gasteiger partial charge in [-0.2, -0.15) is 0 Å². The Balaban J connectivity index is 1.92. The molecule has 1 amide bonds. The first kappa shape index (κ1) is 19.5. The topological polar surface area (TPSA) is 64.6 Å². The summed E-state index contributed by atoms with van der Waals surface area (Å²) in [7, 11) is 0. The maximum atomic E-state index is 12.3. The van der Waals surface area contributed by atoms with Crippen LogP contribution in [0.25, 0.3) is 0 Å². The number of carbonyl (C=O) groups is 2. The summed E-state index contributed by atoms with van der Waals surface area (Å²) in [6, 6.07) is 13.2. The highest BCUT2D eigenvalue weighted by atomic mass is 16.6. The molecule has 2 aromatic carbocycles. The number of hydrogen-bond donors (Lipinski definition) is 1. The van der Waals surface area contributed by atoms with E-state index in [-0.39, 0.29) is 5.91 Å². The number of amides is 1. The molecule has 0 aliphatic heterocycles. The Morgan fingerprint density at radius 2 is 1.62 bits per heavy atom. The van der Waals surface area contributed by atoms with Gasteiger partial charge in [-0.25, -0.2) is 4.79 Å². The summed E-state index contributed by atoms with van der Waals surface area (Å²) in [5.41, 5.74) is 3.72. The van der Waals surface area contributed by atoms with Crippen molar-refractivity contribution < 1.29 is 19.1 Å². The van der Waals surface area contributed by atoms with Gasteiger partial charge in [0.1, 0.15) is 5.75 Å². The summed E-state index contributed by atoms with van der Waals surface area (Å²) in [6.07, 6.45) is -1.74. The third-order valence-electron chi connectivity index (χ3n) is 3.95. The molecule has 0 aromatic heterocycles. The molecular weight excluding hydrogens is 330 g/mol. The number of nitrogens with one attached hydrogen (secondary N) is 1. The van der Waals surface area contributed by atoms with Gasteiger partial charge in [-0.15, -0.1) is 0 Å². The predicted molar refractivity (Wildman–Crippen MR) is 101 cm³/mol. The number of esters is 1. The molecule has 1 N–H and O–H groups in total. The van der Waals surface area contributed by atoms with E-state index in [2.05, 4.69) is 5.32 Å². The van der Waals surface area contributed by atoms with E-state index in [1.807, 2.05) is 57.2 Å². The van der Waals surface area contributed by atoms with E-state index in [1.165, 1.54) is 6.92 Å². The normalized spacial score (nSPS) is 12.8. The number of carbonyl (C=O) groups excluding carboxylic acids is 2. The van der Waals surface area contributed by atoms with Crippen LogP contribution in [0.4, 0.5) is 5.69 Å². The highest BCUT2D eigenvalue weighted by molar-refractivity contribution is 5.96. The number of benzene rings is 2. The molecule has 5 heteroatoms. The molecule has 0 saturated heterocycles. The third kappa shape index (κ3) is 5.34. The standard InChI is InChI=1S/C21H25NO4/c1-13-7-6-8-18(11-13)25-17(5)21(24)26-16(4)20(23)22-19-12-14(2)9-10-15(19)3/h6-12,16-17H,1-5H3,(H,22,23)/t16-,17+/m0/s1. The van der Waals surface area contributed by atoms with Gasteiger partial charge in [-0.3, -0.25) is 4.79 Å².